The molecule has 1 aromatic carbocycles. The van der Waals surface area contributed by atoms with Gasteiger partial charge in [-0.25, -0.2) is 9.38 Å². The highest BCUT2D eigenvalue weighted by Crippen LogP contribution is 2.28. The van der Waals surface area contributed by atoms with Gasteiger partial charge in [-0.2, -0.15) is 10.1 Å². The first-order valence-electron chi connectivity index (χ1n) is 11.0. The van der Waals surface area contributed by atoms with E-state index in [1.807, 2.05) is 19.0 Å². The fourth-order valence-corrected chi connectivity index (χ4v) is 3.46. The maximum absolute atomic E-state index is 15.2. The summed E-state index contributed by atoms with van der Waals surface area (Å²) in [7, 11) is 5.58. The van der Waals surface area contributed by atoms with E-state index in [0.29, 0.717) is 29.4 Å². The number of aryl methyl sites for hydroxylation is 1. The van der Waals surface area contributed by atoms with Crippen LogP contribution >= 0.6 is 11.6 Å². The van der Waals surface area contributed by atoms with E-state index < -0.39 is 11.7 Å². The number of carbonyl (C=O) groups excluding carboxylic acids is 1. The van der Waals surface area contributed by atoms with Gasteiger partial charge >= 0.3 is 0 Å². The minimum absolute atomic E-state index is 0.0260. The Bertz CT molecular complexity index is 1170. The molecule has 0 saturated heterocycles. The van der Waals surface area contributed by atoms with Crippen LogP contribution in [-0.4, -0.2) is 64.7 Å². The average molecular weight is 501 g/mol. The Morgan fingerprint density at radius 3 is 2.77 bits per heavy atom. The number of amidine groups is 1. The normalized spacial score (nSPS) is 20.3. The number of halogens is 2. The van der Waals surface area contributed by atoms with E-state index in [9.17, 15) is 4.79 Å². The van der Waals surface area contributed by atoms with Crippen LogP contribution in [0.5, 0.6) is 0 Å². The van der Waals surface area contributed by atoms with Crippen LogP contribution in [0.2, 0.25) is 5.15 Å². The lowest BCUT2D eigenvalue weighted by Crippen LogP contribution is -2.34. The molecule has 0 bridgehead atoms. The highest BCUT2D eigenvalue weighted by molar-refractivity contribution is 6.32. The van der Waals surface area contributed by atoms with Gasteiger partial charge in [0.25, 0.3) is 0 Å². The molecule has 1 aromatic heterocycles. The number of nitrogens with one attached hydrogen (secondary N) is 3. The molecule has 2 atom stereocenters. The summed E-state index contributed by atoms with van der Waals surface area (Å²) < 4.78 is 16.8. The zero-order valence-electron chi connectivity index (χ0n) is 20.2. The molecule has 1 amide bonds. The van der Waals surface area contributed by atoms with Crippen molar-refractivity contribution in [2.45, 2.75) is 25.1 Å². The van der Waals surface area contributed by atoms with Crippen molar-refractivity contribution >= 4 is 46.4 Å². The number of alkyl halides is 1. The Morgan fingerprint density at radius 2 is 2.11 bits per heavy atom. The lowest BCUT2D eigenvalue weighted by atomic mass is 9.94. The van der Waals surface area contributed by atoms with Crippen LogP contribution < -0.4 is 16.0 Å². The van der Waals surface area contributed by atoms with Gasteiger partial charge in [0.1, 0.15) is 17.5 Å². The Labute approximate surface area is 209 Å². The predicted molar refractivity (Wildman–Crippen MR) is 141 cm³/mol. The number of hydrogen-bond donors (Lipinski definition) is 3. The van der Waals surface area contributed by atoms with Gasteiger partial charge < -0.3 is 20.9 Å². The summed E-state index contributed by atoms with van der Waals surface area (Å²) in [5, 5.41) is 13.3. The number of likely N-dealkylation sites (N-methyl/N-ethyl adjacent to an activating group) is 1. The molecule has 0 radical (unpaired) electrons. The number of benzene rings is 1. The van der Waals surface area contributed by atoms with Crippen molar-refractivity contribution < 1.29 is 9.18 Å². The van der Waals surface area contributed by atoms with Gasteiger partial charge in [-0.3, -0.25) is 9.48 Å². The van der Waals surface area contributed by atoms with Gasteiger partial charge in [0.2, 0.25) is 11.9 Å². The van der Waals surface area contributed by atoms with Crippen LogP contribution in [0.4, 0.5) is 21.5 Å². The van der Waals surface area contributed by atoms with Gasteiger partial charge in [0, 0.05) is 43.7 Å². The van der Waals surface area contributed by atoms with E-state index in [0.717, 1.165) is 0 Å². The highest BCUT2D eigenvalue weighted by atomic mass is 35.5. The van der Waals surface area contributed by atoms with Crippen LogP contribution in [0, 0.1) is 0 Å². The minimum Gasteiger partial charge on any atom is -0.343 e. The van der Waals surface area contributed by atoms with Crippen molar-refractivity contribution in [2.75, 3.05) is 36.6 Å². The highest BCUT2D eigenvalue weighted by Gasteiger charge is 2.35. The standard InChI is InChI=1S/C24H30ClFN8O/c1-6-24(2)19(26)14-20(30-23(31-24)29-18-15-34(5)32-22(18)25)27-16-9-7-10-17(13-16)28-21(35)11-8-12-33(3)4/h6-11,13,15,19H,1,12,14H2,2-5H3,(H,28,35)(H2,27,29,30,31)/b11-8+/t19?,24-/m0/s1. The number of aliphatic imine (C=N–C) groups is 2. The third-order valence-corrected chi connectivity index (χ3v) is 5.48. The summed E-state index contributed by atoms with van der Waals surface area (Å²) in [5.74, 6) is 0.275. The molecule has 0 spiro atoms. The third kappa shape index (κ3) is 7.24. The first-order valence-corrected chi connectivity index (χ1v) is 11.4. The molecule has 2 aromatic rings. The topological polar surface area (TPSA) is 98.9 Å². The summed E-state index contributed by atoms with van der Waals surface area (Å²) in [5.41, 5.74) is 0.517. The van der Waals surface area contributed by atoms with Crippen LogP contribution in [0.25, 0.3) is 0 Å². The maximum Gasteiger partial charge on any atom is 0.248 e. The van der Waals surface area contributed by atoms with E-state index >= 15 is 4.39 Å². The van der Waals surface area contributed by atoms with Crippen molar-refractivity contribution in [1.82, 2.24) is 14.7 Å². The molecule has 186 valence electrons. The molecular formula is C24H30ClFN8O. The van der Waals surface area contributed by atoms with Gasteiger partial charge in [0.15, 0.2) is 5.15 Å². The summed E-state index contributed by atoms with van der Waals surface area (Å²) in [6.45, 7) is 6.06. The summed E-state index contributed by atoms with van der Waals surface area (Å²) in [6, 6.07) is 7.09. The molecule has 11 heteroatoms. The van der Waals surface area contributed by atoms with Crippen LogP contribution in [-0.2, 0) is 11.8 Å². The van der Waals surface area contributed by atoms with E-state index in [-0.39, 0.29) is 23.4 Å². The van der Waals surface area contributed by atoms with Gasteiger partial charge in [0.05, 0.1) is 5.69 Å². The van der Waals surface area contributed by atoms with Crippen molar-refractivity contribution in [3.8, 4) is 0 Å². The molecule has 9 nitrogen and oxygen atoms in total. The monoisotopic (exact) mass is 500 g/mol. The number of hydrogen-bond acceptors (Lipinski definition) is 7. The van der Waals surface area contributed by atoms with Crippen LogP contribution in [0.15, 0.2) is 65.3 Å². The maximum atomic E-state index is 15.2. The Hall–Kier alpha value is -3.50. The van der Waals surface area contributed by atoms with Crippen LogP contribution in [0.3, 0.4) is 0 Å². The predicted octanol–water partition coefficient (Wildman–Crippen LogP) is 4.09. The molecule has 0 aliphatic carbocycles. The molecule has 1 unspecified atom stereocenters. The largest absolute Gasteiger partial charge is 0.343 e. The first-order chi connectivity index (χ1) is 16.6. The van der Waals surface area contributed by atoms with Crippen LogP contribution in [0.1, 0.15) is 13.3 Å². The van der Waals surface area contributed by atoms with Gasteiger partial charge in [-0.05, 0) is 39.2 Å². The number of anilines is 3. The fraction of sp³-hybridized carbons (Fsp3) is 0.333. The molecule has 1 aliphatic rings. The number of amides is 1. The van der Waals surface area contributed by atoms with Gasteiger partial charge in [-0.15, -0.1) is 6.58 Å². The summed E-state index contributed by atoms with van der Waals surface area (Å²) in [4.78, 5) is 23.1. The Morgan fingerprint density at radius 1 is 1.37 bits per heavy atom. The second kappa shape index (κ2) is 11.3. The lowest BCUT2D eigenvalue weighted by Gasteiger charge is -2.24. The molecule has 0 fully saturated rings. The zero-order chi connectivity index (χ0) is 25.6. The fourth-order valence-electron chi connectivity index (χ4n) is 3.24. The molecule has 3 rings (SSSR count). The second-order valence-electron chi connectivity index (χ2n) is 8.59. The summed E-state index contributed by atoms with van der Waals surface area (Å²) in [6.07, 6.45) is 5.00. The molecule has 0 saturated carbocycles. The number of carbonyl (C=O) groups is 1. The minimum atomic E-state index is -1.38. The van der Waals surface area contributed by atoms with Crippen molar-refractivity contribution in [2.24, 2.45) is 17.0 Å². The third-order valence-electron chi connectivity index (χ3n) is 5.20. The number of rotatable bonds is 7. The van der Waals surface area contributed by atoms with Gasteiger partial charge in [-0.1, -0.05) is 29.8 Å². The number of guanidine groups is 1. The Kier molecular flexibility index (Phi) is 8.42. The smallest absolute Gasteiger partial charge is 0.248 e. The second-order valence-corrected chi connectivity index (χ2v) is 8.95. The molecule has 2 heterocycles. The van der Waals surface area contributed by atoms with Crippen molar-refractivity contribution in [3.05, 3.63) is 60.4 Å². The van der Waals surface area contributed by atoms with Crippen molar-refractivity contribution in [1.29, 1.82) is 0 Å². The van der Waals surface area contributed by atoms with Crippen molar-refractivity contribution in [3.63, 3.8) is 0 Å². The molecule has 35 heavy (non-hydrogen) atoms. The number of nitrogens with zero attached hydrogens (tertiary/aromatic N) is 5. The van der Waals surface area contributed by atoms with E-state index in [1.165, 1.54) is 12.2 Å². The Balaban J connectivity index is 1.80. The number of aromatic nitrogens is 2. The molecule has 3 N–H and O–H groups in total. The quantitative estimate of drug-likeness (QED) is 0.393. The molecular weight excluding hydrogens is 471 g/mol. The van der Waals surface area contributed by atoms with E-state index in [1.54, 1.807) is 55.2 Å². The summed E-state index contributed by atoms with van der Waals surface area (Å²) >= 11 is 6.16. The van der Waals surface area contributed by atoms with E-state index in [2.05, 4.69) is 37.6 Å². The zero-order valence-corrected chi connectivity index (χ0v) is 21.0. The molecule has 1 aliphatic heterocycles. The van der Waals surface area contributed by atoms with E-state index in [4.69, 9.17) is 11.6 Å². The average Bonchev–Trinajstić information content (AvgIpc) is 3.03. The SMILES string of the molecule is C=C[C@]1(C)N=C(Nc2cn(C)nc2Cl)N=C(Nc2cccc(NC(=O)/C=C/CN(C)C)c2)CC1F. The first kappa shape index (κ1) is 26.1. The lowest BCUT2D eigenvalue weighted by molar-refractivity contribution is -0.111.